The van der Waals surface area contributed by atoms with Crippen LogP contribution in [0.3, 0.4) is 0 Å². The molecule has 0 aliphatic heterocycles. The third-order valence-corrected chi connectivity index (χ3v) is 2.80. The summed E-state index contributed by atoms with van der Waals surface area (Å²) in [7, 11) is 0. The molecule has 100 valence electrons. The summed E-state index contributed by atoms with van der Waals surface area (Å²) in [5.41, 5.74) is 2.57. The zero-order chi connectivity index (χ0) is 14.0. The molecular weight excluding hydrogens is 244 g/mol. The predicted molar refractivity (Wildman–Crippen MR) is 67.5 cm³/mol. The van der Waals surface area contributed by atoms with Crippen molar-refractivity contribution in [1.82, 2.24) is 5.10 Å². The highest BCUT2D eigenvalue weighted by molar-refractivity contribution is 5.86. The van der Waals surface area contributed by atoms with Crippen LogP contribution in [0.2, 0.25) is 0 Å². The molecular formula is C14H16N2O3. The number of aromatic nitrogens is 2. The zero-order valence-electron chi connectivity index (χ0n) is 11.3. The lowest BCUT2D eigenvalue weighted by molar-refractivity contribution is -0.743. The molecule has 2 aromatic rings. The molecule has 1 aromatic carbocycles. The smallest absolute Gasteiger partial charge is 0.375 e. The summed E-state index contributed by atoms with van der Waals surface area (Å²) in [6, 6.07) is 3.77. The number of rotatable bonds is 3. The van der Waals surface area contributed by atoms with Crippen LogP contribution < -0.4 is 9.79 Å². The lowest BCUT2D eigenvalue weighted by Crippen LogP contribution is -2.42. The van der Waals surface area contributed by atoms with Crippen LogP contribution in [0, 0.1) is 13.8 Å². The molecule has 0 radical (unpaired) electrons. The van der Waals surface area contributed by atoms with Crippen molar-refractivity contribution in [3.05, 3.63) is 29.5 Å². The Morgan fingerprint density at radius 2 is 2.16 bits per heavy atom. The Bertz CT molecular complexity index is 638. The first-order valence-corrected chi connectivity index (χ1v) is 6.15. The summed E-state index contributed by atoms with van der Waals surface area (Å²) in [6.45, 7) is 5.84. The quantitative estimate of drug-likeness (QED) is 0.604. The number of fused-ring (bicyclic) bond motifs is 1. The van der Waals surface area contributed by atoms with E-state index in [0.29, 0.717) is 17.5 Å². The fourth-order valence-corrected chi connectivity index (χ4v) is 2.06. The Morgan fingerprint density at radius 1 is 1.42 bits per heavy atom. The van der Waals surface area contributed by atoms with Gasteiger partial charge in [-0.2, -0.15) is 0 Å². The van der Waals surface area contributed by atoms with E-state index >= 15 is 0 Å². The molecule has 0 saturated heterocycles. The van der Waals surface area contributed by atoms with Gasteiger partial charge in [-0.15, -0.1) is 0 Å². The van der Waals surface area contributed by atoms with Crippen LogP contribution in [0.1, 0.15) is 18.1 Å². The largest absolute Gasteiger partial charge is 0.868 e. The summed E-state index contributed by atoms with van der Waals surface area (Å²) >= 11 is 0. The summed E-state index contributed by atoms with van der Waals surface area (Å²) < 4.78 is 6.18. The third-order valence-electron chi connectivity index (χ3n) is 2.80. The van der Waals surface area contributed by atoms with Gasteiger partial charge in [-0.05, 0) is 32.1 Å². The van der Waals surface area contributed by atoms with Crippen molar-refractivity contribution in [2.24, 2.45) is 0 Å². The molecule has 0 aliphatic rings. The fraction of sp³-hybridized carbons (Fsp3) is 0.357. The van der Waals surface area contributed by atoms with Crippen LogP contribution in [-0.2, 0) is 16.1 Å². The van der Waals surface area contributed by atoms with Gasteiger partial charge in [0.2, 0.25) is 0 Å². The highest BCUT2D eigenvalue weighted by Gasteiger charge is 2.14. The number of carbonyl (C=O) groups is 1. The first-order chi connectivity index (χ1) is 9.01. The maximum atomic E-state index is 12.0. The molecule has 0 spiro atoms. The van der Waals surface area contributed by atoms with E-state index in [1.165, 1.54) is 10.9 Å². The van der Waals surface area contributed by atoms with Crippen LogP contribution in [0.4, 0.5) is 0 Å². The molecule has 19 heavy (non-hydrogen) atoms. The SMILES string of the molecule is CCOC(=O)C[n+]1cc([O-])c2cc(C)cc(C)c2n1. The number of hydrogen-bond acceptors (Lipinski definition) is 4. The van der Waals surface area contributed by atoms with E-state index in [2.05, 4.69) is 5.10 Å². The molecule has 0 unspecified atom stereocenters. The van der Waals surface area contributed by atoms with Gasteiger partial charge in [0, 0.05) is 10.5 Å². The molecule has 0 atom stereocenters. The number of hydrogen-bond donors (Lipinski definition) is 0. The second-order valence-corrected chi connectivity index (χ2v) is 4.47. The van der Waals surface area contributed by atoms with Gasteiger partial charge in [-0.25, -0.2) is 4.79 Å². The van der Waals surface area contributed by atoms with Crippen molar-refractivity contribution in [2.45, 2.75) is 27.3 Å². The number of carbonyl (C=O) groups excluding carboxylic acids is 1. The average Bonchev–Trinajstić information content (AvgIpc) is 2.31. The first kappa shape index (κ1) is 13.3. The molecule has 0 bridgehead atoms. The minimum absolute atomic E-state index is 0.0493. The Balaban J connectivity index is 2.46. The number of nitrogens with zero attached hydrogens (tertiary/aromatic N) is 2. The second-order valence-electron chi connectivity index (χ2n) is 4.47. The van der Waals surface area contributed by atoms with Crippen molar-refractivity contribution in [1.29, 1.82) is 0 Å². The normalized spacial score (nSPS) is 10.7. The zero-order valence-corrected chi connectivity index (χ0v) is 11.3. The Morgan fingerprint density at radius 3 is 2.84 bits per heavy atom. The van der Waals surface area contributed by atoms with Gasteiger partial charge < -0.3 is 9.84 Å². The van der Waals surface area contributed by atoms with Crippen molar-refractivity contribution in [3.8, 4) is 5.75 Å². The van der Waals surface area contributed by atoms with E-state index in [1.807, 2.05) is 26.0 Å². The molecule has 1 aromatic heterocycles. The summed E-state index contributed by atoms with van der Waals surface area (Å²) in [4.78, 5) is 11.4. The lowest BCUT2D eigenvalue weighted by Gasteiger charge is -2.10. The van der Waals surface area contributed by atoms with Crippen LogP contribution in [0.15, 0.2) is 18.3 Å². The molecule has 0 fully saturated rings. The third kappa shape index (κ3) is 2.81. The molecule has 0 amide bonds. The van der Waals surface area contributed by atoms with Crippen LogP contribution in [0.5, 0.6) is 5.75 Å². The van der Waals surface area contributed by atoms with Gasteiger partial charge in [-0.3, -0.25) is 0 Å². The number of esters is 1. The van der Waals surface area contributed by atoms with E-state index in [4.69, 9.17) is 4.74 Å². The van der Waals surface area contributed by atoms with Gasteiger partial charge in [-0.1, -0.05) is 22.4 Å². The van der Waals surface area contributed by atoms with Gasteiger partial charge in [0.1, 0.15) is 5.52 Å². The highest BCUT2D eigenvalue weighted by atomic mass is 16.5. The van der Waals surface area contributed by atoms with Gasteiger partial charge in [0.05, 0.1) is 6.61 Å². The average molecular weight is 260 g/mol. The number of benzene rings is 1. The molecule has 5 heteroatoms. The Kier molecular flexibility index (Phi) is 3.64. The van der Waals surface area contributed by atoms with Crippen molar-refractivity contribution in [2.75, 3.05) is 6.61 Å². The molecule has 5 nitrogen and oxygen atoms in total. The molecule has 0 saturated carbocycles. The molecule has 2 rings (SSSR count). The van der Waals surface area contributed by atoms with Crippen LogP contribution in [0.25, 0.3) is 10.9 Å². The summed E-state index contributed by atoms with van der Waals surface area (Å²) in [5, 5.41) is 16.9. The van der Waals surface area contributed by atoms with E-state index in [0.717, 1.165) is 11.1 Å². The Labute approximate surface area is 111 Å². The van der Waals surface area contributed by atoms with Crippen LogP contribution >= 0.6 is 0 Å². The maximum absolute atomic E-state index is 12.0. The van der Waals surface area contributed by atoms with E-state index in [9.17, 15) is 9.90 Å². The Hall–Kier alpha value is -2.17. The first-order valence-electron chi connectivity index (χ1n) is 6.15. The van der Waals surface area contributed by atoms with Gasteiger partial charge in [0.25, 0.3) is 6.54 Å². The van der Waals surface area contributed by atoms with Crippen molar-refractivity contribution >= 4 is 16.9 Å². The standard InChI is InChI=1S/C14H16N2O3/c1-4-19-13(18)8-16-7-12(17)11-6-9(2)5-10(3)14(11)15-16/h5-7H,4,8H2,1-3H3. The minimum Gasteiger partial charge on any atom is -0.868 e. The summed E-state index contributed by atoms with van der Waals surface area (Å²) in [6.07, 6.45) is 1.33. The van der Waals surface area contributed by atoms with E-state index in [1.54, 1.807) is 6.92 Å². The lowest BCUT2D eigenvalue weighted by atomic mass is 10.1. The van der Waals surface area contributed by atoms with Crippen molar-refractivity contribution < 1.29 is 19.3 Å². The number of aryl methyl sites for hydroxylation is 2. The van der Waals surface area contributed by atoms with Gasteiger partial charge >= 0.3 is 5.97 Å². The summed E-state index contributed by atoms with van der Waals surface area (Å²) in [5.74, 6) is -0.537. The van der Waals surface area contributed by atoms with Gasteiger partial charge in [0.15, 0.2) is 6.20 Å². The number of ether oxygens (including phenoxy) is 1. The van der Waals surface area contributed by atoms with E-state index in [-0.39, 0.29) is 12.3 Å². The fourth-order valence-electron chi connectivity index (χ4n) is 2.06. The second kappa shape index (κ2) is 5.22. The highest BCUT2D eigenvalue weighted by Crippen LogP contribution is 2.22. The van der Waals surface area contributed by atoms with E-state index < -0.39 is 5.97 Å². The topological polar surface area (TPSA) is 66.1 Å². The maximum Gasteiger partial charge on any atom is 0.375 e. The predicted octanol–water partition coefficient (Wildman–Crippen LogP) is 0.776. The van der Waals surface area contributed by atoms with Crippen molar-refractivity contribution in [3.63, 3.8) is 0 Å². The molecule has 0 N–H and O–H groups in total. The minimum atomic E-state index is -0.400. The monoisotopic (exact) mass is 260 g/mol. The molecule has 1 heterocycles. The molecule has 0 aliphatic carbocycles. The van der Waals surface area contributed by atoms with Crippen LogP contribution in [-0.4, -0.2) is 17.7 Å².